The molecule has 142 heavy (non-hydrogen) atoms. The third-order valence-corrected chi connectivity index (χ3v) is 30.0. The van der Waals surface area contributed by atoms with Gasteiger partial charge in [0.05, 0.1) is 66.7 Å². The maximum atomic E-state index is 2.48. The molecule has 0 atom stereocenters. The molecule has 0 amide bonds. The summed E-state index contributed by atoms with van der Waals surface area (Å²) in [5.74, 6) is 0. The van der Waals surface area contributed by atoms with Crippen molar-refractivity contribution in [3.8, 4) is 90.2 Å². The summed E-state index contributed by atoms with van der Waals surface area (Å²) in [7, 11) is 0. The van der Waals surface area contributed by atoms with Crippen LogP contribution in [0.25, 0.3) is 274 Å². The van der Waals surface area contributed by atoms with Crippen LogP contribution < -0.4 is 0 Å². The number of hydrogen-bond donors (Lipinski definition) is 0. The van der Waals surface area contributed by atoms with Crippen LogP contribution in [0, 0.1) is 0 Å². The zero-order valence-corrected chi connectivity index (χ0v) is 77.3. The highest BCUT2D eigenvalue weighted by Crippen LogP contribution is 2.49. The molecule has 31 rings (SSSR count). The van der Waals surface area contributed by atoms with E-state index < -0.39 is 0 Å². The van der Waals surface area contributed by atoms with Gasteiger partial charge in [-0.15, -0.1) is 0 Å². The summed E-state index contributed by atoms with van der Waals surface area (Å²) in [6, 6.07) is 191. The summed E-state index contributed by atoms with van der Waals surface area (Å²) in [6.45, 7) is 0. The van der Waals surface area contributed by atoms with Gasteiger partial charge in [-0.1, -0.05) is 382 Å². The fourth-order valence-electron chi connectivity index (χ4n) is 23.7. The zero-order chi connectivity index (χ0) is 93.1. The molecule has 0 aliphatic carbocycles. The zero-order valence-electron chi connectivity index (χ0n) is 77.3. The van der Waals surface area contributed by atoms with Gasteiger partial charge in [-0.2, -0.15) is 0 Å². The molecule has 31 aromatic rings. The molecule has 0 bridgehead atoms. The molecule has 6 nitrogen and oxygen atoms in total. The second kappa shape index (κ2) is 32.4. The van der Waals surface area contributed by atoms with Gasteiger partial charge >= 0.3 is 0 Å². The topological polar surface area (TPSA) is 29.6 Å². The number of benzene rings is 25. The Balaban J connectivity index is 0.000000102. The molecule has 25 aromatic carbocycles. The van der Waals surface area contributed by atoms with Crippen LogP contribution in [0.3, 0.4) is 0 Å². The third-order valence-electron chi connectivity index (χ3n) is 30.0. The molecule has 0 aliphatic rings. The average molecular weight is 1800 g/mol. The van der Waals surface area contributed by atoms with Crippen LogP contribution in [0.4, 0.5) is 0 Å². The minimum atomic E-state index is 1.15. The van der Waals surface area contributed by atoms with Crippen molar-refractivity contribution < 1.29 is 0 Å². The van der Waals surface area contributed by atoms with Gasteiger partial charge in [0.1, 0.15) is 0 Å². The maximum absolute atomic E-state index is 2.48. The van der Waals surface area contributed by atoms with Crippen LogP contribution in [0.2, 0.25) is 0 Å². The van der Waals surface area contributed by atoms with E-state index in [-0.39, 0.29) is 0 Å². The van der Waals surface area contributed by atoms with E-state index in [0.717, 1.165) is 28.4 Å². The number of fused-ring (bicyclic) bond motifs is 17. The predicted octanol–water partition coefficient (Wildman–Crippen LogP) is 36.6. The lowest BCUT2D eigenvalue weighted by Gasteiger charge is -2.15. The van der Waals surface area contributed by atoms with Gasteiger partial charge < -0.3 is 27.4 Å². The molecule has 0 saturated carbocycles. The summed E-state index contributed by atoms with van der Waals surface area (Å²) in [5, 5.41) is 32.0. The van der Waals surface area contributed by atoms with E-state index in [9.17, 15) is 0 Å². The molecule has 0 unspecified atom stereocenters. The molecule has 0 radical (unpaired) electrons. The molecule has 660 valence electrons. The standard InChI is InChI=1S/2C48H30N2.C40H26N2/c1-3-11-31(12-4-1)45-30-42-44(49(45)36-16-5-2-6-17-36)28-27-41-39-19-7-8-20-43(39)50(48(41)42)37-18-10-15-35(29-37)38-25-23-34-22-21-32-13-9-14-33-24-26-40(38)47(34)46(32)33;1-3-10-32(11-4-1)45-30-42-44(49(45)36-14-5-2-6-15-36)29-28-41-39-16-7-8-17-43(39)50(48(41)42)37-24-20-31(21-25-37)38-26-22-35-19-18-33-12-9-13-34-23-27-40(38)47(35)46(33)34;1-3-11-27(12-4-1)39-26-36-38(41(39)32-15-5-2-6-16-32)22-21-35-34-17-9-10-18-37(34)42(40(35)36)33-20-19-30-23-28-13-7-8-14-29(28)24-31(30)25-33/h2*1-30H;1-26H. The monoisotopic (exact) mass is 1800 g/mol. The molecule has 0 aliphatic heterocycles. The Labute approximate surface area is 817 Å². The minimum absolute atomic E-state index is 1.15. The first kappa shape index (κ1) is 80.4. The van der Waals surface area contributed by atoms with Crippen LogP contribution in [0.1, 0.15) is 0 Å². The number of hydrogen-bond acceptors (Lipinski definition) is 0. The van der Waals surface area contributed by atoms with Crippen molar-refractivity contribution in [2.75, 3.05) is 0 Å². The molecule has 6 aromatic heterocycles. The van der Waals surface area contributed by atoms with Crippen LogP contribution in [-0.2, 0) is 0 Å². The molecule has 0 fully saturated rings. The number of nitrogens with zero attached hydrogens (tertiary/aromatic N) is 6. The number of rotatable bonds is 11. The Morgan fingerprint density at radius 1 is 0.113 bits per heavy atom. The normalized spacial score (nSPS) is 11.9. The lowest BCUT2D eigenvalue weighted by Crippen LogP contribution is -1.97. The van der Waals surface area contributed by atoms with Crippen molar-refractivity contribution in [1.29, 1.82) is 0 Å². The van der Waals surface area contributed by atoms with Gasteiger partial charge in [0, 0.05) is 82.6 Å². The summed E-state index contributed by atoms with van der Waals surface area (Å²) in [6.07, 6.45) is 0. The van der Waals surface area contributed by atoms with Crippen LogP contribution >= 0.6 is 0 Å². The summed E-state index contributed by atoms with van der Waals surface area (Å²) < 4.78 is 14.6. The summed E-state index contributed by atoms with van der Waals surface area (Å²) in [4.78, 5) is 0. The first-order chi connectivity index (χ1) is 70.5. The van der Waals surface area contributed by atoms with Crippen molar-refractivity contribution >= 4 is 184 Å². The first-order valence-corrected chi connectivity index (χ1v) is 49.0. The van der Waals surface area contributed by atoms with E-state index in [4.69, 9.17) is 0 Å². The highest BCUT2D eigenvalue weighted by Gasteiger charge is 2.27. The van der Waals surface area contributed by atoms with Crippen LogP contribution in [0.5, 0.6) is 0 Å². The van der Waals surface area contributed by atoms with Crippen molar-refractivity contribution in [1.82, 2.24) is 27.4 Å². The SMILES string of the molecule is c1ccc(-c2cc3c(ccc4c5ccccc5n(-c5ccc(-c6ccc7ccc8cccc9ccc6c7c89)cc5)c43)n2-c2ccccc2)cc1.c1ccc(-c2cc3c(ccc4c5ccccc5n(-c5ccc6cc7ccccc7cc6c5)c43)n2-c2ccccc2)cc1.c1ccc(-c2cc3c(ccc4c5ccccc5n(-c5cccc(-c6ccc7ccc8cccc9ccc6c7c89)c5)c43)n2-c2ccccc2)cc1. The second-order valence-corrected chi connectivity index (χ2v) is 37.7. The molecular formula is C136H86N6. The molecule has 6 heteroatoms. The lowest BCUT2D eigenvalue weighted by atomic mass is 9.90. The minimum Gasteiger partial charge on any atom is -0.309 e. The highest BCUT2D eigenvalue weighted by atomic mass is 15.0. The van der Waals surface area contributed by atoms with Gasteiger partial charge in [-0.25, -0.2) is 0 Å². The average Bonchev–Trinajstić information content (AvgIpc) is 1.50. The number of aromatic nitrogens is 6. The van der Waals surface area contributed by atoms with E-state index in [1.165, 1.54) is 246 Å². The summed E-state index contributed by atoms with van der Waals surface area (Å²) in [5.41, 5.74) is 29.9. The van der Waals surface area contributed by atoms with Crippen LogP contribution in [-0.4, -0.2) is 27.4 Å². The van der Waals surface area contributed by atoms with E-state index in [2.05, 4.69) is 549 Å². The quantitative estimate of drug-likeness (QED) is 0.0913. The number of para-hydroxylation sites is 6. The van der Waals surface area contributed by atoms with Crippen molar-refractivity contribution in [2.24, 2.45) is 0 Å². The fraction of sp³-hybridized carbons (Fsp3) is 0. The van der Waals surface area contributed by atoms with Crippen molar-refractivity contribution in [2.45, 2.75) is 0 Å². The van der Waals surface area contributed by atoms with E-state index >= 15 is 0 Å². The lowest BCUT2D eigenvalue weighted by molar-refractivity contribution is 1.13. The van der Waals surface area contributed by atoms with E-state index in [1.54, 1.807) is 0 Å². The van der Waals surface area contributed by atoms with Crippen molar-refractivity contribution in [3.63, 3.8) is 0 Å². The van der Waals surface area contributed by atoms with E-state index in [1.807, 2.05) is 0 Å². The smallest absolute Gasteiger partial charge is 0.0635 e. The van der Waals surface area contributed by atoms with Gasteiger partial charge in [-0.3, -0.25) is 0 Å². The van der Waals surface area contributed by atoms with Gasteiger partial charge in [0.15, 0.2) is 0 Å². The van der Waals surface area contributed by atoms with Crippen LogP contribution in [0.15, 0.2) is 522 Å². The molecule has 0 saturated heterocycles. The predicted molar refractivity (Wildman–Crippen MR) is 602 cm³/mol. The van der Waals surface area contributed by atoms with E-state index in [0.29, 0.717) is 0 Å². The third kappa shape index (κ3) is 12.7. The molecule has 6 heterocycles. The maximum Gasteiger partial charge on any atom is 0.0635 e. The first-order valence-electron chi connectivity index (χ1n) is 49.0. The Morgan fingerprint density at radius 2 is 0.380 bits per heavy atom. The van der Waals surface area contributed by atoms with Gasteiger partial charge in [0.2, 0.25) is 0 Å². The highest BCUT2D eigenvalue weighted by molar-refractivity contribution is 6.29. The Morgan fingerprint density at radius 3 is 0.796 bits per heavy atom. The molecular weight excluding hydrogens is 1720 g/mol. The Kier molecular flexibility index (Phi) is 18.3. The van der Waals surface area contributed by atoms with Gasteiger partial charge in [0.25, 0.3) is 0 Å². The Bertz CT molecular complexity index is 10400. The van der Waals surface area contributed by atoms with Gasteiger partial charge in [-0.05, 0) is 265 Å². The second-order valence-electron chi connectivity index (χ2n) is 37.7. The van der Waals surface area contributed by atoms with Crippen molar-refractivity contribution in [3.05, 3.63) is 522 Å². The largest absolute Gasteiger partial charge is 0.309 e. The molecule has 0 N–H and O–H groups in total. The Hall–Kier alpha value is -18.9. The fourth-order valence-corrected chi connectivity index (χ4v) is 23.7. The summed E-state index contributed by atoms with van der Waals surface area (Å²) >= 11 is 0. The molecule has 0 spiro atoms.